The fourth-order valence-corrected chi connectivity index (χ4v) is 1.47. The van der Waals surface area contributed by atoms with Gasteiger partial charge in [-0.2, -0.15) is 0 Å². The molecule has 0 bridgehead atoms. The van der Waals surface area contributed by atoms with Crippen LogP contribution in [0.15, 0.2) is 12.1 Å². The second kappa shape index (κ2) is 3.73. The Morgan fingerprint density at radius 1 is 1.15 bits per heavy atom. The van der Waals surface area contributed by atoms with E-state index in [2.05, 4.69) is 32.9 Å². The monoisotopic (exact) mass is 176 g/mol. The van der Waals surface area contributed by atoms with Crippen LogP contribution in [-0.4, -0.2) is 5.78 Å². The molecule has 0 atom stereocenters. The van der Waals surface area contributed by atoms with Crippen LogP contribution in [-0.2, 0) is 11.2 Å². The molecule has 1 aromatic rings. The Labute approximate surface area is 79.8 Å². The van der Waals surface area contributed by atoms with E-state index in [0.29, 0.717) is 6.42 Å². The lowest BCUT2D eigenvalue weighted by Crippen LogP contribution is -2.00. The molecule has 70 valence electrons. The fraction of sp³-hybridized carbons (Fsp3) is 0.417. The number of hydrogen-bond donors (Lipinski definition) is 0. The topological polar surface area (TPSA) is 17.1 Å². The van der Waals surface area contributed by atoms with Gasteiger partial charge < -0.3 is 0 Å². The van der Waals surface area contributed by atoms with E-state index in [4.69, 9.17) is 0 Å². The molecule has 1 nitrogen and oxygen atoms in total. The molecule has 0 unspecified atom stereocenters. The molecule has 0 N–H and O–H groups in total. The van der Waals surface area contributed by atoms with Gasteiger partial charge >= 0.3 is 0 Å². The van der Waals surface area contributed by atoms with E-state index in [1.54, 1.807) is 6.92 Å². The summed E-state index contributed by atoms with van der Waals surface area (Å²) >= 11 is 0. The van der Waals surface area contributed by atoms with Crippen molar-refractivity contribution in [3.05, 3.63) is 34.4 Å². The van der Waals surface area contributed by atoms with Gasteiger partial charge in [0, 0.05) is 6.42 Å². The highest BCUT2D eigenvalue weighted by Crippen LogP contribution is 2.17. The molecular weight excluding hydrogens is 160 g/mol. The number of Topliss-reactive ketones (excluding diaryl/α,β-unsaturated/α-hetero) is 1. The Morgan fingerprint density at radius 3 is 2.31 bits per heavy atom. The molecule has 0 saturated carbocycles. The zero-order valence-electron chi connectivity index (χ0n) is 8.77. The molecule has 0 aliphatic heterocycles. The molecule has 1 rings (SSSR count). The van der Waals surface area contributed by atoms with Crippen molar-refractivity contribution in [2.75, 3.05) is 0 Å². The summed E-state index contributed by atoms with van der Waals surface area (Å²) in [4.78, 5) is 11.0. The number of carbonyl (C=O) groups excluding carboxylic acids is 1. The van der Waals surface area contributed by atoms with Gasteiger partial charge in [0.05, 0.1) is 0 Å². The summed E-state index contributed by atoms with van der Waals surface area (Å²) in [6.07, 6.45) is 0.562. The normalized spacial score (nSPS) is 10.2. The van der Waals surface area contributed by atoms with Gasteiger partial charge in [0.2, 0.25) is 0 Å². The van der Waals surface area contributed by atoms with Crippen molar-refractivity contribution in [2.45, 2.75) is 34.1 Å². The van der Waals surface area contributed by atoms with Crippen LogP contribution in [0, 0.1) is 20.8 Å². The van der Waals surface area contributed by atoms with Gasteiger partial charge in [-0.1, -0.05) is 12.1 Å². The van der Waals surface area contributed by atoms with Gasteiger partial charge in [0.1, 0.15) is 5.78 Å². The van der Waals surface area contributed by atoms with Crippen LogP contribution in [0.4, 0.5) is 0 Å². The third-order valence-electron chi connectivity index (χ3n) is 2.61. The minimum absolute atomic E-state index is 0.228. The van der Waals surface area contributed by atoms with E-state index in [0.717, 1.165) is 5.56 Å². The smallest absolute Gasteiger partial charge is 0.134 e. The van der Waals surface area contributed by atoms with Gasteiger partial charge in [-0.25, -0.2) is 0 Å². The number of aryl methyl sites for hydroxylation is 1. The number of carbonyl (C=O) groups is 1. The van der Waals surface area contributed by atoms with Gasteiger partial charge in [-0.3, -0.25) is 4.79 Å². The standard InChI is InChI=1S/C12H16O/c1-8-5-6-12(7-9(2)13)11(4)10(8)3/h5-6H,7H2,1-4H3. The number of rotatable bonds is 2. The van der Waals surface area contributed by atoms with Crippen molar-refractivity contribution >= 4 is 5.78 Å². The summed E-state index contributed by atoms with van der Waals surface area (Å²) in [5.41, 5.74) is 5.02. The lowest BCUT2D eigenvalue weighted by Gasteiger charge is -2.09. The van der Waals surface area contributed by atoms with Gasteiger partial charge in [0.15, 0.2) is 0 Å². The zero-order chi connectivity index (χ0) is 10.0. The van der Waals surface area contributed by atoms with Crippen molar-refractivity contribution in [3.8, 4) is 0 Å². The zero-order valence-corrected chi connectivity index (χ0v) is 8.77. The summed E-state index contributed by atoms with van der Waals surface area (Å²) in [5.74, 6) is 0.228. The van der Waals surface area contributed by atoms with Gasteiger partial charge in [0.25, 0.3) is 0 Å². The van der Waals surface area contributed by atoms with E-state index in [1.165, 1.54) is 16.7 Å². The molecule has 0 spiro atoms. The fourth-order valence-electron chi connectivity index (χ4n) is 1.47. The molecule has 0 fully saturated rings. The number of benzene rings is 1. The molecule has 0 aliphatic rings. The van der Waals surface area contributed by atoms with Crippen molar-refractivity contribution in [1.82, 2.24) is 0 Å². The highest BCUT2D eigenvalue weighted by Gasteiger charge is 2.04. The number of ketones is 1. The second-order valence-corrected chi connectivity index (χ2v) is 3.67. The highest BCUT2D eigenvalue weighted by molar-refractivity contribution is 5.78. The predicted molar refractivity (Wildman–Crippen MR) is 55.0 cm³/mol. The van der Waals surface area contributed by atoms with Crippen LogP contribution in [0.5, 0.6) is 0 Å². The summed E-state index contributed by atoms with van der Waals surface area (Å²) < 4.78 is 0. The average Bonchev–Trinajstić information content (AvgIpc) is 2.06. The maximum Gasteiger partial charge on any atom is 0.134 e. The lowest BCUT2D eigenvalue weighted by molar-refractivity contribution is -0.116. The highest BCUT2D eigenvalue weighted by atomic mass is 16.1. The molecule has 0 aliphatic carbocycles. The first-order valence-corrected chi connectivity index (χ1v) is 4.57. The third kappa shape index (κ3) is 2.18. The Bertz CT molecular complexity index is 337. The van der Waals surface area contributed by atoms with E-state index < -0.39 is 0 Å². The van der Waals surface area contributed by atoms with Crippen LogP contribution in [0.3, 0.4) is 0 Å². The van der Waals surface area contributed by atoms with E-state index in [1.807, 2.05) is 0 Å². The molecule has 0 amide bonds. The molecule has 0 aromatic heterocycles. The molecule has 0 heterocycles. The summed E-state index contributed by atoms with van der Waals surface area (Å²) in [6.45, 7) is 7.92. The van der Waals surface area contributed by atoms with E-state index >= 15 is 0 Å². The van der Waals surface area contributed by atoms with Gasteiger partial charge in [-0.15, -0.1) is 0 Å². The van der Waals surface area contributed by atoms with Crippen molar-refractivity contribution in [2.24, 2.45) is 0 Å². The molecule has 1 heteroatoms. The molecule has 0 radical (unpaired) electrons. The Kier molecular flexibility index (Phi) is 2.86. The van der Waals surface area contributed by atoms with E-state index in [9.17, 15) is 4.79 Å². The minimum Gasteiger partial charge on any atom is -0.300 e. The predicted octanol–water partition coefficient (Wildman–Crippen LogP) is 2.74. The average molecular weight is 176 g/mol. The molecular formula is C12H16O. The second-order valence-electron chi connectivity index (χ2n) is 3.67. The third-order valence-corrected chi connectivity index (χ3v) is 2.61. The van der Waals surface area contributed by atoms with Crippen LogP contribution in [0.1, 0.15) is 29.2 Å². The molecule has 1 aromatic carbocycles. The maximum atomic E-state index is 11.0. The first-order valence-electron chi connectivity index (χ1n) is 4.57. The van der Waals surface area contributed by atoms with Crippen LogP contribution in [0.2, 0.25) is 0 Å². The summed E-state index contributed by atoms with van der Waals surface area (Å²) in [6, 6.07) is 4.14. The van der Waals surface area contributed by atoms with Crippen LogP contribution < -0.4 is 0 Å². The van der Waals surface area contributed by atoms with Gasteiger partial charge in [-0.05, 0) is 49.9 Å². The first-order chi connectivity index (χ1) is 6.02. The van der Waals surface area contributed by atoms with Crippen molar-refractivity contribution in [3.63, 3.8) is 0 Å². The SMILES string of the molecule is CC(=O)Cc1ccc(C)c(C)c1C. The van der Waals surface area contributed by atoms with Crippen LogP contribution >= 0.6 is 0 Å². The molecule has 13 heavy (non-hydrogen) atoms. The quantitative estimate of drug-likeness (QED) is 0.677. The van der Waals surface area contributed by atoms with Crippen LogP contribution in [0.25, 0.3) is 0 Å². The first kappa shape index (κ1) is 9.97. The summed E-state index contributed by atoms with van der Waals surface area (Å²) in [7, 11) is 0. The number of hydrogen-bond acceptors (Lipinski definition) is 1. The Morgan fingerprint density at radius 2 is 1.77 bits per heavy atom. The van der Waals surface area contributed by atoms with Crippen molar-refractivity contribution in [1.29, 1.82) is 0 Å². The lowest BCUT2D eigenvalue weighted by atomic mass is 9.96. The summed E-state index contributed by atoms with van der Waals surface area (Å²) in [5, 5.41) is 0. The largest absolute Gasteiger partial charge is 0.300 e. The Hall–Kier alpha value is -1.11. The molecule has 0 saturated heterocycles. The van der Waals surface area contributed by atoms with Crippen molar-refractivity contribution < 1.29 is 4.79 Å². The maximum absolute atomic E-state index is 11.0. The minimum atomic E-state index is 0.228. The Balaban J connectivity index is 3.10. The van der Waals surface area contributed by atoms with E-state index in [-0.39, 0.29) is 5.78 Å².